The highest BCUT2D eigenvalue weighted by Crippen LogP contribution is 2.26. The van der Waals surface area contributed by atoms with E-state index in [1.165, 1.54) is 5.56 Å². The molecule has 43 heavy (non-hydrogen) atoms. The summed E-state index contributed by atoms with van der Waals surface area (Å²) in [5, 5.41) is 15.0. The molecule has 4 heterocycles. The maximum absolute atomic E-state index is 10.6. The summed E-state index contributed by atoms with van der Waals surface area (Å²) in [6.45, 7) is 4.72. The van der Waals surface area contributed by atoms with E-state index < -0.39 is 24.3 Å². The van der Waals surface area contributed by atoms with Crippen LogP contribution in [0.1, 0.15) is 5.56 Å². The first-order chi connectivity index (χ1) is 20.2. The van der Waals surface area contributed by atoms with Crippen molar-refractivity contribution in [2.75, 3.05) is 31.1 Å². The van der Waals surface area contributed by atoms with Gasteiger partial charge in [-0.15, -0.1) is 0 Å². The fourth-order valence-corrected chi connectivity index (χ4v) is 4.09. The highest BCUT2D eigenvalue weighted by Gasteiger charge is 2.38. The minimum atomic E-state index is -5.08. The number of carbonyl (C=O) groups is 2. The van der Waals surface area contributed by atoms with Crippen molar-refractivity contribution >= 4 is 35.0 Å². The lowest BCUT2D eigenvalue weighted by atomic mass is 10.2. The van der Waals surface area contributed by atoms with Crippen molar-refractivity contribution in [3.8, 4) is 11.3 Å². The molecule has 0 amide bonds. The number of hydrogen-bond donors (Lipinski definition) is 2. The van der Waals surface area contributed by atoms with E-state index in [0.29, 0.717) is 0 Å². The molecular weight excluding hydrogens is 610 g/mol. The van der Waals surface area contributed by atoms with E-state index in [9.17, 15) is 26.3 Å². The molecule has 1 aliphatic rings. The summed E-state index contributed by atoms with van der Waals surface area (Å²) in [4.78, 5) is 36.0. The van der Waals surface area contributed by atoms with Gasteiger partial charge in [0.1, 0.15) is 0 Å². The van der Waals surface area contributed by atoms with Crippen molar-refractivity contribution in [2.24, 2.45) is 0 Å². The lowest BCUT2D eigenvalue weighted by molar-refractivity contribution is -0.193. The molecule has 2 N–H and O–H groups in total. The van der Waals surface area contributed by atoms with Crippen molar-refractivity contribution < 1.29 is 46.1 Å². The second kappa shape index (κ2) is 14.2. The summed E-state index contributed by atoms with van der Waals surface area (Å²) in [5.41, 5.74) is 4.28. The Hall–Kier alpha value is -4.44. The van der Waals surface area contributed by atoms with Gasteiger partial charge < -0.3 is 15.1 Å². The van der Waals surface area contributed by atoms with Gasteiger partial charge in [0.15, 0.2) is 11.5 Å². The quantitative estimate of drug-likeness (QED) is 0.298. The molecule has 0 radical (unpaired) electrons. The largest absolute Gasteiger partial charge is 0.490 e. The van der Waals surface area contributed by atoms with Crippen LogP contribution in [0.5, 0.6) is 0 Å². The number of hydrogen-bond acceptors (Lipinski definition) is 7. The first-order valence-corrected chi connectivity index (χ1v) is 12.6. The number of piperazine rings is 1. The van der Waals surface area contributed by atoms with Gasteiger partial charge in [0.2, 0.25) is 0 Å². The molecule has 0 atom stereocenters. The number of pyridine rings is 1. The van der Waals surface area contributed by atoms with E-state index in [2.05, 4.69) is 35.2 Å². The smallest absolute Gasteiger partial charge is 0.475 e. The minimum absolute atomic E-state index is 0.793. The van der Waals surface area contributed by atoms with Crippen molar-refractivity contribution in [1.82, 2.24) is 24.3 Å². The van der Waals surface area contributed by atoms with Crippen molar-refractivity contribution in [3.05, 3.63) is 78.0 Å². The van der Waals surface area contributed by atoms with Crippen molar-refractivity contribution in [2.45, 2.75) is 18.9 Å². The number of fused-ring (bicyclic) bond motifs is 1. The first-order valence-electron chi connectivity index (χ1n) is 12.2. The van der Waals surface area contributed by atoms with E-state index in [1.54, 1.807) is 12.4 Å². The molecule has 1 saturated heterocycles. The Labute approximate surface area is 244 Å². The number of aromatic nitrogens is 4. The summed E-state index contributed by atoms with van der Waals surface area (Å²) < 4.78 is 65.6. The zero-order valence-electron chi connectivity index (χ0n) is 21.9. The summed E-state index contributed by atoms with van der Waals surface area (Å²) in [5.74, 6) is -4.57. The molecule has 4 aromatic rings. The maximum atomic E-state index is 10.6. The van der Waals surface area contributed by atoms with Crippen LogP contribution in [0.2, 0.25) is 5.02 Å². The van der Waals surface area contributed by atoms with Crippen LogP contribution in [0.3, 0.4) is 0 Å². The monoisotopic (exact) mass is 632 g/mol. The van der Waals surface area contributed by atoms with E-state index in [4.69, 9.17) is 31.4 Å². The number of halogens is 7. The number of imidazole rings is 1. The lowest BCUT2D eigenvalue weighted by Crippen LogP contribution is -2.46. The van der Waals surface area contributed by atoms with Crippen LogP contribution in [0.15, 0.2) is 67.4 Å². The molecule has 5 rings (SSSR count). The third kappa shape index (κ3) is 9.54. The van der Waals surface area contributed by atoms with Gasteiger partial charge in [0.25, 0.3) is 0 Å². The molecule has 3 aromatic heterocycles. The summed E-state index contributed by atoms with van der Waals surface area (Å²) in [7, 11) is 0. The highest BCUT2D eigenvalue weighted by molar-refractivity contribution is 6.30. The zero-order valence-corrected chi connectivity index (χ0v) is 22.7. The second-order valence-corrected chi connectivity index (χ2v) is 9.26. The average molecular weight is 633 g/mol. The standard InChI is InChI=1S/C22H21ClN6.2C2HF3O2/c23-19-3-1-2-17(14-19)16-27-10-12-28(13-11-27)21-22-26-15-20(29(22)9-8-25-21)18-4-6-24-7-5-18;2*3-2(4,5)1(6)7/h1-9,14-15H,10-13,16H2;2*(H,6,7). The summed E-state index contributed by atoms with van der Waals surface area (Å²) >= 11 is 6.12. The zero-order chi connectivity index (χ0) is 31.8. The normalized spacial score (nSPS) is 13.9. The molecule has 10 nitrogen and oxygen atoms in total. The lowest BCUT2D eigenvalue weighted by Gasteiger charge is -2.35. The van der Waals surface area contributed by atoms with Crippen LogP contribution in [-0.2, 0) is 16.1 Å². The van der Waals surface area contributed by atoms with E-state index >= 15 is 0 Å². The van der Waals surface area contributed by atoms with Gasteiger partial charge >= 0.3 is 24.3 Å². The molecular formula is C26H23ClF6N6O4. The van der Waals surface area contributed by atoms with Crippen LogP contribution in [-0.4, -0.2) is 84.9 Å². The third-order valence-corrected chi connectivity index (χ3v) is 6.07. The Morgan fingerprint density at radius 3 is 1.98 bits per heavy atom. The fourth-order valence-electron chi connectivity index (χ4n) is 3.88. The van der Waals surface area contributed by atoms with Crippen molar-refractivity contribution in [3.63, 3.8) is 0 Å². The molecule has 1 fully saturated rings. The molecule has 230 valence electrons. The Kier molecular flexibility index (Phi) is 10.9. The topological polar surface area (TPSA) is 124 Å². The van der Waals surface area contributed by atoms with E-state index in [-0.39, 0.29) is 0 Å². The number of anilines is 1. The first kappa shape index (κ1) is 33.1. The van der Waals surface area contributed by atoms with Crippen molar-refractivity contribution in [1.29, 1.82) is 0 Å². The number of rotatable bonds is 4. The number of carboxylic acid groups (broad SMARTS) is 2. The number of carboxylic acids is 2. The molecule has 0 saturated carbocycles. The van der Waals surface area contributed by atoms with Crippen LogP contribution >= 0.6 is 11.6 Å². The molecule has 0 unspecified atom stereocenters. The van der Waals surface area contributed by atoms with Gasteiger partial charge in [-0.05, 0) is 29.8 Å². The Bertz CT molecular complexity index is 1500. The molecule has 1 aliphatic heterocycles. The number of alkyl halides is 6. The van der Waals surface area contributed by atoms with Gasteiger partial charge in [-0.1, -0.05) is 23.7 Å². The fraction of sp³-hybridized carbons (Fsp3) is 0.269. The molecule has 17 heteroatoms. The molecule has 0 spiro atoms. The third-order valence-electron chi connectivity index (χ3n) is 5.84. The van der Waals surface area contributed by atoms with Gasteiger partial charge in [0, 0.05) is 68.1 Å². The summed E-state index contributed by atoms with van der Waals surface area (Å²) in [6.07, 6.45) is -0.832. The molecule has 0 bridgehead atoms. The van der Waals surface area contributed by atoms with E-state index in [0.717, 1.165) is 60.5 Å². The highest BCUT2D eigenvalue weighted by atomic mass is 35.5. The predicted octanol–water partition coefficient (Wildman–Crippen LogP) is 5.03. The Morgan fingerprint density at radius 1 is 0.860 bits per heavy atom. The Balaban J connectivity index is 0.000000303. The number of aliphatic carboxylic acids is 2. The minimum Gasteiger partial charge on any atom is -0.475 e. The SMILES string of the molecule is Clc1cccc(CN2CCN(c3nccn4c(-c5ccncc5)cnc34)CC2)c1.O=C(O)C(F)(F)F.O=C(O)C(F)(F)F. The summed E-state index contributed by atoms with van der Waals surface area (Å²) in [6, 6.07) is 12.1. The van der Waals surface area contributed by atoms with Crippen LogP contribution in [0, 0.1) is 0 Å². The van der Waals surface area contributed by atoms with Gasteiger partial charge in [-0.2, -0.15) is 26.3 Å². The predicted molar refractivity (Wildman–Crippen MR) is 143 cm³/mol. The van der Waals surface area contributed by atoms with Gasteiger partial charge in [-0.25, -0.2) is 19.6 Å². The molecule has 0 aliphatic carbocycles. The van der Waals surface area contributed by atoms with Crippen LogP contribution in [0.4, 0.5) is 32.2 Å². The van der Waals surface area contributed by atoms with Gasteiger partial charge in [-0.3, -0.25) is 14.3 Å². The number of nitrogens with zero attached hydrogens (tertiary/aromatic N) is 6. The second-order valence-electron chi connectivity index (χ2n) is 8.82. The Morgan fingerprint density at radius 2 is 1.44 bits per heavy atom. The van der Waals surface area contributed by atoms with Crippen LogP contribution < -0.4 is 4.90 Å². The maximum Gasteiger partial charge on any atom is 0.490 e. The average Bonchev–Trinajstić information content (AvgIpc) is 3.38. The number of benzene rings is 1. The van der Waals surface area contributed by atoms with E-state index in [1.807, 2.05) is 48.9 Å². The van der Waals surface area contributed by atoms with Gasteiger partial charge in [0.05, 0.1) is 11.9 Å². The molecule has 1 aromatic carbocycles. The van der Waals surface area contributed by atoms with Crippen LogP contribution in [0.25, 0.3) is 16.9 Å².